The van der Waals surface area contributed by atoms with E-state index in [1.54, 1.807) is 24.3 Å². The molecule has 18 rings (SSSR count). The van der Waals surface area contributed by atoms with E-state index in [-0.39, 0.29) is 73.1 Å². The maximum absolute atomic E-state index is 15.0. The predicted octanol–water partition coefficient (Wildman–Crippen LogP) is 37.1. The zero-order valence-electron chi connectivity index (χ0n) is 89.9. The van der Waals surface area contributed by atoms with Crippen LogP contribution in [-0.4, -0.2) is 105 Å². The molecule has 13 aromatic carbocycles. The van der Waals surface area contributed by atoms with E-state index in [2.05, 4.69) is 249 Å². The molecule has 2 aliphatic rings. The van der Waals surface area contributed by atoms with Crippen molar-refractivity contribution in [2.24, 2.45) is 0 Å². The summed E-state index contributed by atoms with van der Waals surface area (Å²) in [6.45, 7) is 59.7. The first-order valence-corrected chi connectivity index (χ1v) is 55.7. The van der Waals surface area contributed by atoms with Crippen LogP contribution in [0.15, 0.2) is 255 Å². The number of benzene rings is 13. The maximum Gasteiger partial charge on any atom is 0.199 e. The molecule has 2 saturated heterocycles. The van der Waals surface area contributed by atoms with Gasteiger partial charge in [0.1, 0.15) is 57.8 Å². The minimum absolute atomic E-state index is 0. The smallest absolute Gasteiger partial charge is 0.199 e. The Morgan fingerprint density at radius 1 is 0.351 bits per heavy atom. The molecule has 3 aromatic heterocycles. The first-order valence-electron chi connectivity index (χ1n) is 50.8. The minimum Gasteiger partial charge on any atom is -0.505 e. The molecule has 2 aliphatic heterocycles. The summed E-state index contributed by atoms with van der Waals surface area (Å²) in [7, 11) is 0.0324. The molecule has 790 valence electrons. The van der Waals surface area contributed by atoms with Gasteiger partial charge in [0, 0.05) is 81.4 Å². The molecule has 13 nitrogen and oxygen atoms in total. The summed E-state index contributed by atoms with van der Waals surface area (Å²) in [5.74, 6) is 1.63. The molecule has 16 aromatic rings. The maximum atomic E-state index is 15.0. The third-order valence-corrected chi connectivity index (χ3v) is 36.2. The van der Waals surface area contributed by atoms with Crippen molar-refractivity contribution in [1.82, 2.24) is 13.7 Å². The molecule has 1 atom stereocenters. The standard InChI is InChI=1S/C54H42F2N2O4.C31H35NO4.C16H14F2I2O2.2C12H27P.CH4.Pd/c1-33-27-43(53(59)49(29-33)57-45-17-7-3-13-37(45)38-14-4-8-18-46(38)57)41-31-35(55)21-23-51(41)61-25-11-12-26-62-52-24-22-36(56)32-42(52)44-28-34(2)30-50(54(44)60)58-47-19-9-5-15-39(47)40-16-6-10-20-48(40)58;1-20-18-23(29-35-30(2,3)31(4,5)36-29)28(34-27-16-10-11-17-33-27)26(19-20)32-24-14-8-6-12-21(24)22-13-7-9-15-25(22)32;17-11-3-5-15(13(19)9-11)21-7-1-2-8-22-16-6-4-12(18)10-14(16)20;2*1-10(2,3)13(11(4,5)6)12(7,8)9;;/h3-10,13-24,27-32,59-60H,11-12,25-26H2,1-2H3;6-9,12-15,18-19,27,29H,10-11,16-17H2,1-5H3;3-6,9-10H,1-2,7-8H2;2*1-9H3;1H4;. The molecule has 0 amide bonds. The SMILES string of the molecule is C.CC(C)(C)P(C(C)(C)C)C(C)(C)C.CC(C)(C)P(C(C)(C)C)C(C)(C)C.Cc1cc(-c2cc(F)ccc2OCCCCOc2ccc(F)cc2-c2cc(C)cc(-n3c4ccccc4c4ccccc43)c2O)c(O)c(-n2c3ccccc3c3ccccc32)c1.Cc1cc(C2OC(C)(C)C(C)(C)O2)c(OC2CCCCO2)c(-n2c3ccccc3c3ccccc32)c1.Fc1ccc(OCCCCOc2ccc(F)cc2I)c(I)c1.[Pd]. The van der Waals surface area contributed by atoms with Gasteiger partial charge in [-0.1, -0.05) is 257 Å². The summed E-state index contributed by atoms with van der Waals surface area (Å²) in [6.07, 6.45) is 5.01. The fourth-order valence-corrected chi connectivity index (χ4v) is 35.4. The van der Waals surface area contributed by atoms with Gasteiger partial charge < -0.3 is 61.8 Å². The molecule has 1 unspecified atom stereocenters. The zero-order chi connectivity index (χ0) is 106. The first-order chi connectivity index (χ1) is 68.8. The van der Waals surface area contributed by atoms with Crippen molar-refractivity contribution < 1.29 is 86.1 Å². The number of nitrogens with zero attached hydrogens (tertiary/aromatic N) is 3. The number of halogens is 6. The molecule has 0 aliphatic carbocycles. The molecule has 0 bridgehead atoms. The van der Waals surface area contributed by atoms with Gasteiger partial charge >= 0.3 is 0 Å². The number of hydrogen-bond acceptors (Lipinski definition) is 10. The van der Waals surface area contributed by atoms with Crippen molar-refractivity contribution in [3.05, 3.63) is 307 Å². The van der Waals surface area contributed by atoms with Gasteiger partial charge in [-0.15, -0.1) is 0 Å². The van der Waals surface area contributed by atoms with E-state index in [1.165, 1.54) is 59.3 Å². The zero-order valence-corrected chi connectivity index (χ0v) is 97.5. The second kappa shape index (κ2) is 48.6. The Bertz CT molecular complexity index is 6750. The van der Waals surface area contributed by atoms with Crippen LogP contribution in [0.25, 0.3) is 105 Å². The number of phenols is 2. The average Bonchev–Trinajstić information content (AvgIpc) is 1.59. The Kier molecular flexibility index (Phi) is 38.5. The van der Waals surface area contributed by atoms with Crippen molar-refractivity contribution in [3.63, 3.8) is 0 Å². The topological polar surface area (TPSA) is 129 Å². The van der Waals surface area contributed by atoms with E-state index in [1.807, 2.05) is 165 Å². The van der Waals surface area contributed by atoms with Gasteiger partial charge in [-0.25, -0.2) is 17.6 Å². The molecule has 22 heteroatoms. The van der Waals surface area contributed by atoms with Crippen LogP contribution in [-0.2, 0) is 34.6 Å². The van der Waals surface area contributed by atoms with E-state index >= 15 is 0 Å². The number of aromatic hydroxyl groups is 2. The van der Waals surface area contributed by atoms with Crippen LogP contribution in [0.5, 0.6) is 40.2 Å². The average molecular weight is 2360 g/mol. The Balaban J connectivity index is 0.000000190. The Hall–Kier alpha value is -9.56. The number of aromatic nitrogens is 3. The number of ether oxygens (including phenoxy) is 8. The van der Waals surface area contributed by atoms with Crippen molar-refractivity contribution in [1.29, 1.82) is 0 Å². The van der Waals surface area contributed by atoms with Gasteiger partial charge in [0.25, 0.3) is 0 Å². The number of aryl methyl sites for hydroxylation is 3. The Labute approximate surface area is 918 Å². The van der Waals surface area contributed by atoms with E-state index < -0.39 is 29.1 Å². The third-order valence-electron chi connectivity index (χ3n) is 26.5. The molecule has 148 heavy (non-hydrogen) atoms. The van der Waals surface area contributed by atoms with Crippen LogP contribution < -0.4 is 23.7 Å². The minimum atomic E-state index is -0.541. The van der Waals surface area contributed by atoms with Crippen LogP contribution >= 0.6 is 61.0 Å². The summed E-state index contributed by atoms with van der Waals surface area (Å²) in [5, 5.41) is 33.3. The molecular weight excluding hydrogens is 2210 g/mol. The van der Waals surface area contributed by atoms with E-state index in [0.29, 0.717) is 133 Å². The van der Waals surface area contributed by atoms with E-state index in [9.17, 15) is 27.8 Å². The van der Waals surface area contributed by atoms with Gasteiger partial charge in [-0.3, -0.25) is 0 Å². The number of phenolic OH excluding ortho intramolecular Hbond substituents is 2. The predicted molar refractivity (Wildman–Crippen MR) is 626 cm³/mol. The first kappa shape index (κ1) is 117. The molecule has 2 N–H and O–H groups in total. The van der Waals surface area contributed by atoms with Crippen LogP contribution in [0, 0.1) is 51.2 Å². The number of para-hydroxylation sites is 6. The molecule has 0 spiro atoms. The van der Waals surface area contributed by atoms with E-state index in [0.717, 1.165) is 128 Å². The monoisotopic (exact) mass is 2360 g/mol. The second-order valence-corrected chi connectivity index (χ2v) is 56.8. The largest absolute Gasteiger partial charge is 0.505 e. The van der Waals surface area contributed by atoms with E-state index in [4.69, 9.17) is 37.9 Å². The molecule has 5 heterocycles. The number of fused-ring (bicyclic) bond motifs is 9. The van der Waals surface area contributed by atoms with Crippen molar-refractivity contribution >= 4 is 126 Å². The molecular formula is C126H149F4I2N3O10P2Pd. The van der Waals surface area contributed by atoms with Crippen LogP contribution in [0.2, 0.25) is 0 Å². The van der Waals surface area contributed by atoms with Gasteiger partial charge in [0.2, 0.25) is 0 Å². The summed E-state index contributed by atoms with van der Waals surface area (Å²) in [5.41, 5.74) is 12.9. The summed E-state index contributed by atoms with van der Waals surface area (Å²) < 4.78 is 113. The van der Waals surface area contributed by atoms with Crippen molar-refractivity contribution in [2.75, 3.05) is 33.0 Å². The third kappa shape index (κ3) is 27.5. The van der Waals surface area contributed by atoms with Crippen molar-refractivity contribution in [3.8, 4) is 79.6 Å². The van der Waals surface area contributed by atoms with Crippen LogP contribution in [0.1, 0.15) is 233 Å². The normalized spacial score (nSPS) is 14.4. The van der Waals surface area contributed by atoms with Gasteiger partial charge in [0.05, 0.1) is 107 Å². The van der Waals surface area contributed by atoms with Crippen molar-refractivity contribution in [2.45, 2.75) is 280 Å². The van der Waals surface area contributed by atoms with Gasteiger partial charge in [0.15, 0.2) is 18.3 Å². The summed E-state index contributed by atoms with van der Waals surface area (Å²) in [6, 6.07) is 78.9. The van der Waals surface area contributed by atoms with Crippen LogP contribution in [0.4, 0.5) is 17.6 Å². The molecule has 0 radical (unpaired) electrons. The van der Waals surface area contributed by atoms with Crippen LogP contribution in [0.3, 0.4) is 0 Å². The van der Waals surface area contributed by atoms with Gasteiger partial charge in [-0.2, -0.15) is 0 Å². The molecule has 0 saturated carbocycles. The fraction of sp³-hybridized carbons (Fsp3) is 0.381. The second-order valence-electron chi connectivity index (χ2n) is 45.1. The number of unbranched alkanes of at least 4 members (excludes halogenated alkanes) is 2. The quantitative estimate of drug-likeness (QED) is 0.0222. The van der Waals surface area contributed by atoms with Gasteiger partial charge in [-0.05, 0) is 325 Å². The Morgan fingerprint density at radius 2 is 0.622 bits per heavy atom. The molecule has 2 fully saturated rings. The number of rotatable bonds is 22. The number of hydrogen-bond donors (Lipinski definition) is 2. The summed E-state index contributed by atoms with van der Waals surface area (Å²) >= 11 is 4.09. The summed E-state index contributed by atoms with van der Waals surface area (Å²) in [4.78, 5) is 0. The Morgan fingerprint density at radius 3 is 0.905 bits per heavy atom. The fourth-order valence-electron chi connectivity index (χ4n) is 22.0.